The summed E-state index contributed by atoms with van der Waals surface area (Å²) < 4.78 is 1.73. The predicted octanol–water partition coefficient (Wildman–Crippen LogP) is 3.97. The second-order valence-electron chi connectivity index (χ2n) is 19.3. The summed E-state index contributed by atoms with van der Waals surface area (Å²) in [6, 6.07) is 9.55. The van der Waals surface area contributed by atoms with Gasteiger partial charge in [-0.2, -0.15) is 4.98 Å². The summed E-state index contributed by atoms with van der Waals surface area (Å²) in [6.07, 6.45) is 10.6. The van der Waals surface area contributed by atoms with Gasteiger partial charge in [-0.15, -0.1) is 0 Å². The Kier molecular flexibility index (Phi) is 12.6. The van der Waals surface area contributed by atoms with Crippen LogP contribution in [0.2, 0.25) is 0 Å². The number of piperazine rings is 2. The standard InChI is InChI=1S/C49H62N12O5/c1-32-40-29-51-49(54-45(40)61(36-5-3-4-6-36)48(66)44(32)33(2)62)52-42-11-8-38(28-50-42)59-23-19-56(20-24-59)18-17-55-15-13-34(14-16-55)30-57-21-25-58(26-22-57)37-7-9-39-35(27-37)31-60(47(39)65)41-10-12-43(63)53-46(41)64/h7-9,11,27-29,34,36,41H,3-6,10,12-26,30-31H2,1-2H3,(H,53,63,64)(H,50,51,52,54). The lowest BCUT2D eigenvalue weighted by molar-refractivity contribution is -0.136. The molecule has 1 aromatic carbocycles. The molecule has 1 aliphatic carbocycles. The molecule has 6 aliphatic rings. The van der Waals surface area contributed by atoms with E-state index in [1.165, 1.54) is 19.8 Å². The number of nitrogens with zero attached hydrogens (tertiary/aromatic N) is 10. The third-order valence-corrected chi connectivity index (χ3v) is 15.2. The molecule has 2 N–H and O–H groups in total. The molecule has 0 bridgehead atoms. The third kappa shape index (κ3) is 9.04. The Morgan fingerprint density at radius 3 is 2.14 bits per heavy atom. The number of aryl methyl sites for hydroxylation is 1. The number of pyridine rings is 2. The number of anilines is 4. The zero-order chi connectivity index (χ0) is 45.5. The molecule has 0 spiro atoms. The molecule has 1 atom stereocenters. The van der Waals surface area contributed by atoms with Gasteiger partial charge >= 0.3 is 0 Å². The lowest BCUT2D eigenvalue weighted by Crippen LogP contribution is -2.52. The Hall–Kier alpha value is -5.78. The fraction of sp³-hybridized carbons (Fsp3) is 0.551. The number of imide groups is 1. The number of piperidine rings is 2. The van der Waals surface area contributed by atoms with Crippen LogP contribution in [0.1, 0.15) is 96.2 Å². The van der Waals surface area contributed by atoms with Gasteiger partial charge in [-0.05, 0) is 106 Å². The van der Waals surface area contributed by atoms with E-state index in [0.29, 0.717) is 41.5 Å². The highest BCUT2D eigenvalue weighted by Crippen LogP contribution is 2.34. The number of Topliss-reactive ketones (excluding diaryl/α,β-unsaturated/α-hetero) is 1. The Balaban J connectivity index is 0.641. The minimum atomic E-state index is -0.590. The van der Waals surface area contributed by atoms with Crippen LogP contribution < -0.4 is 26.0 Å². The van der Waals surface area contributed by atoms with Crippen LogP contribution in [0.5, 0.6) is 0 Å². The first kappa shape index (κ1) is 44.1. The Morgan fingerprint density at radius 1 is 0.773 bits per heavy atom. The van der Waals surface area contributed by atoms with Crippen LogP contribution in [0, 0.1) is 12.8 Å². The number of benzene rings is 1. The van der Waals surface area contributed by atoms with Crippen molar-refractivity contribution in [3.05, 3.63) is 75.3 Å². The summed E-state index contributed by atoms with van der Waals surface area (Å²) in [5.74, 6) is 0.725. The molecule has 1 unspecified atom stereocenters. The van der Waals surface area contributed by atoms with E-state index in [0.717, 1.165) is 139 Å². The van der Waals surface area contributed by atoms with Gasteiger partial charge in [-0.3, -0.25) is 43.7 Å². The molecule has 17 heteroatoms. The summed E-state index contributed by atoms with van der Waals surface area (Å²) >= 11 is 0. The van der Waals surface area contributed by atoms with Crippen molar-refractivity contribution < 1.29 is 19.2 Å². The van der Waals surface area contributed by atoms with E-state index in [9.17, 15) is 24.0 Å². The quantitative estimate of drug-likeness (QED) is 0.155. The number of aromatic nitrogens is 4. The van der Waals surface area contributed by atoms with Crippen LogP contribution in [0.25, 0.3) is 11.0 Å². The van der Waals surface area contributed by atoms with Crippen LogP contribution in [0.15, 0.2) is 47.5 Å². The largest absolute Gasteiger partial charge is 0.369 e. The van der Waals surface area contributed by atoms with Crippen LogP contribution in [0.4, 0.5) is 23.1 Å². The lowest BCUT2D eigenvalue weighted by Gasteiger charge is -2.40. The molecule has 17 nitrogen and oxygen atoms in total. The number of likely N-dealkylation sites (tertiary alicyclic amines) is 1. The minimum Gasteiger partial charge on any atom is -0.369 e. The predicted molar refractivity (Wildman–Crippen MR) is 253 cm³/mol. The molecule has 10 rings (SSSR count). The van der Waals surface area contributed by atoms with Gasteiger partial charge in [0.15, 0.2) is 5.78 Å². The molecule has 0 radical (unpaired) electrons. The van der Waals surface area contributed by atoms with Gasteiger partial charge in [0.2, 0.25) is 17.8 Å². The summed E-state index contributed by atoms with van der Waals surface area (Å²) in [5.41, 5.74) is 5.00. The number of carbonyl (C=O) groups excluding carboxylic acids is 4. The van der Waals surface area contributed by atoms with E-state index in [2.05, 4.69) is 52.2 Å². The number of nitrogens with one attached hydrogen (secondary N) is 2. The van der Waals surface area contributed by atoms with Crippen molar-refractivity contribution in [3.8, 4) is 0 Å². The number of fused-ring (bicyclic) bond motifs is 2. The van der Waals surface area contributed by atoms with E-state index in [4.69, 9.17) is 9.97 Å². The van der Waals surface area contributed by atoms with Crippen LogP contribution >= 0.6 is 0 Å². The average molecular weight is 899 g/mol. The first-order valence-corrected chi connectivity index (χ1v) is 24.2. The molecule has 4 aromatic rings. The summed E-state index contributed by atoms with van der Waals surface area (Å²) in [5, 5.41) is 6.36. The fourth-order valence-corrected chi connectivity index (χ4v) is 11.3. The Labute approximate surface area is 385 Å². The molecule has 66 heavy (non-hydrogen) atoms. The fourth-order valence-electron chi connectivity index (χ4n) is 11.3. The number of amides is 3. The Bertz CT molecular complexity index is 2550. The van der Waals surface area contributed by atoms with E-state index in [1.807, 2.05) is 24.4 Å². The number of ketones is 1. The SMILES string of the molecule is CC(=O)c1c(C)c2cnc(Nc3ccc(N4CCN(CCN5CCC(CN6CCN(c7ccc8c(c7)CN(C7CCC(=O)NC7=O)C8=O)CC6)CC5)CC4)cn3)nc2n(C2CCCC2)c1=O. The first-order chi connectivity index (χ1) is 32.1. The van der Waals surface area contributed by atoms with Gasteiger partial charge in [0.25, 0.3) is 11.5 Å². The monoisotopic (exact) mass is 898 g/mol. The van der Waals surface area contributed by atoms with Gasteiger partial charge in [-0.1, -0.05) is 12.8 Å². The van der Waals surface area contributed by atoms with E-state index in [-0.39, 0.29) is 47.1 Å². The Morgan fingerprint density at radius 2 is 1.45 bits per heavy atom. The van der Waals surface area contributed by atoms with Gasteiger partial charge < -0.3 is 24.9 Å². The number of hydrogen-bond donors (Lipinski definition) is 2. The second-order valence-corrected chi connectivity index (χ2v) is 19.3. The minimum absolute atomic E-state index is 0.0234. The highest BCUT2D eigenvalue weighted by molar-refractivity contribution is 6.05. The first-order valence-electron chi connectivity index (χ1n) is 24.2. The van der Waals surface area contributed by atoms with Gasteiger partial charge in [0, 0.05) is 114 Å². The van der Waals surface area contributed by atoms with Crippen molar-refractivity contribution in [1.82, 2.24) is 44.4 Å². The van der Waals surface area contributed by atoms with Gasteiger partial charge in [0.1, 0.15) is 17.5 Å². The zero-order valence-electron chi connectivity index (χ0n) is 38.3. The summed E-state index contributed by atoms with van der Waals surface area (Å²) in [4.78, 5) is 91.8. The van der Waals surface area contributed by atoms with Crippen molar-refractivity contribution in [2.45, 2.75) is 83.8 Å². The topological polar surface area (TPSA) is 172 Å². The average Bonchev–Trinajstić information content (AvgIpc) is 3.97. The maximum absolute atomic E-state index is 13.6. The van der Waals surface area contributed by atoms with Crippen LogP contribution in [-0.2, 0) is 16.1 Å². The molecule has 4 saturated heterocycles. The molecule has 5 aliphatic heterocycles. The molecular formula is C49H62N12O5. The van der Waals surface area contributed by atoms with Crippen molar-refractivity contribution in [3.63, 3.8) is 0 Å². The van der Waals surface area contributed by atoms with Crippen molar-refractivity contribution in [2.75, 3.05) is 100 Å². The molecule has 3 aromatic heterocycles. The smallest absolute Gasteiger partial charge is 0.263 e. The van der Waals surface area contributed by atoms with Crippen LogP contribution in [0.3, 0.4) is 0 Å². The highest BCUT2D eigenvalue weighted by Gasteiger charge is 2.39. The number of hydrogen-bond acceptors (Lipinski definition) is 14. The number of carbonyl (C=O) groups is 4. The highest BCUT2D eigenvalue weighted by atomic mass is 16.2. The maximum atomic E-state index is 13.6. The van der Waals surface area contributed by atoms with Crippen molar-refractivity contribution >= 4 is 57.7 Å². The molecule has 3 amide bonds. The van der Waals surface area contributed by atoms with E-state index >= 15 is 0 Å². The van der Waals surface area contributed by atoms with E-state index < -0.39 is 6.04 Å². The van der Waals surface area contributed by atoms with Crippen molar-refractivity contribution in [1.29, 1.82) is 0 Å². The number of rotatable bonds is 12. The third-order valence-electron chi connectivity index (χ3n) is 15.2. The summed E-state index contributed by atoms with van der Waals surface area (Å²) in [7, 11) is 0. The molecule has 8 heterocycles. The molecule has 348 valence electrons. The zero-order valence-corrected chi connectivity index (χ0v) is 38.3. The molecule has 5 fully saturated rings. The van der Waals surface area contributed by atoms with Crippen LogP contribution in [-0.4, -0.2) is 154 Å². The van der Waals surface area contributed by atoms with Gasteiger partial charge in [0.05, 0.1) is 17.4 Å². The lowest BCUT2D eigenvalue weighted by atomic mass is 9.96. The van der Waals surface area contributed by atoms with Crippen molar-refractivity contribution in [2.24, 2.45) is 5.92 Å². The molecule has 1 saturated carbocycles. The maximum Gasteiger partial charge on any atom is 0.263 e. The summed E-state index contributed by atoms with van der Waals surface area (Å²) in [6.45, 7) is 17.2. The normalized spacial score (nSPS) is 21.8. The van der Waals surface area contributed by atoms with E-state index in [1.54, 1.807) is 22.6 Å². The molecular weight excluding hydrogens is 837 g/mol. The second kappa shape index (κ2) is 18.8. The van der Waals surface area contributed by atoms with Gasteiger partial charge in [-0.25, -0.2) is 9.97 Å².